The lowest BCUT2D eigenvalue weighted by atomic mass is 9.95. The monoisotopic (exact) mass is 452 g/mol. The first-order valence-corrected chi connectivity index (χ1v) is 11.3. The molecule has 3 aromatic carbocycles. The molecule has 0 atom stereocenters. The van der Waals surface area contributed by atoms with E-state index in [-0.39, 0.29) is 24.1 Å². The zero-order valence-electron chi connectivity index (χ0n) is 18.6. The van der Waals surface area contributed by atoms with E-state index in [0.29, 0.717) is 48.3 Å². The average Bonchev–Trinajstić information content (AvgIpc) is 2.85. The average molecular weight is 453 g/mol. The second kappa shape index (κ2) is 10.8. The standard InChI is InChI=1S/C28H27F3O2/c1-2-3-4-5-6-21-11-14-25(28(31)27(21)30)20-9-7-19(8-10-20)24-13-12-22(15-26(24)29)23-16-32-18-33-17-23/h3-4,7-15,23H,2,5-6,16-18H2,1H3/b4-3+. The topological polar surface area (TPSA) is 18.5 Å². The van der Waals surface area contributed by atoms with Crippen LogP contribution in [0.2, 0.25) is 0 Å². The number of allylic oxidation sites excluding steroid dienone is 2. The third-order valence-corrected chi connectivity index (χ3v) is 5.92. The second-order valence-corrected chi connectivity index (χ2v) is 8.19. The molecule has 0 saturated carbocycles. The van der Waals surface area contributed by atoms with Crippen molar-refractivity contribution in [3.63, 3.8) is 0 Å². The Bertz CT molecular complexity index is 1120. The molecule has 0 amide bonds. The fraction of sp³-hybridized carbons (Fsp3) is 0.286. The van der Waals surface area contributed by atoms with E-state index in [2.05, 4.69) is 0 Å². The van der Waals surface area contributed by atoms with Crippen LogP contribution in [-0.4, -0.2) is 20.0 Å². The van der Waals surface area contributed by atoms with Gasteiger partial charge in [0.2, 0.25) is 0 Å². The predicted molar refractivity (Wildman–Crippen MR) is 124 cm³/mol. The summed E-state index contributed by atoms with van der Waals surface area (Å²) in [6.45, 7) is 3.31. The van der Waals surface area contributed by atoms with Gasteiger partial charge >= 0.3 is 0 Å². The summed E-state index contributed by atoms with van der Waals surface area (Å²) in [5.41, 5.74) is 3.05. The molecule has 5 heteroatoms. The molecule has 0 spiro atoms. The molecular weight excluding hydrogens is 425 g/mol. The lowest BCUT2D eigenvalue weighted by Crippen LogP contribution is -2.22. The molecule has 1 aliphatic heterocycles. The number of benzene rings is 3. The minimum absolute atomic E-state index is 0.00758. The molecule has 0 unspecified atom stereocenters. The van der Waals surface area contributed by atoms with Gasteiger partial charge in [-0.3, -0.25) is 0 Å². The van der Waals surface area contributed by atoms with E-state index < -0.39 is 11.6 Å². The Morgan fingerprint density at radius 2 is 1.48 bits per heavy atom. The summed E-state index contributed by atoms with van der Waals surface area (Å²) in [6, 6.07) is 15.2. The Morgan fingerprint density at radius 3 is 2.15 bits per heavy atom. The van der Waals surface area contributed by atoms with Crippen molar-refractivity contribution in [2.45, 2.75) is 32.1 Å². The van der Waals surface area contributed by atoms with Crippen LogP contribution in [0.5, 0.6) is 0 Å². The maximum Gasteiger partial charge on any atom is 0.166 e. The third kappa shape index (κ3) is 5.37. The molecule has 172 valence electrons. The Hall–Kier alpha value is -2.89. The Kier molecular flexibility index (Phi) is 7.63. The minimum atomic E-state index is -0.854. The van der Waals surface area contributed by atoms with Gasteiger partial charge in [0.1, 0.15) is 12.6 Å². The van der Waals surface area contributed by atoms with Gasteiger partial charge in [0.05, 0.1) is 13.2 Å². The van der Waals surface area contributed by atoms with Crippen LogP contribution in [0.4, 0.5) is 13.2 Å². The summed E-state index contributed by atoms with van der Waals surface area (Å²) < 4.78 is 54.8. The van der Waals surface area contributed by atoms with Crippen LogP contribution in [0.1, 0.15) is 36.8 Å². The van der Waals surface area contributed by atoms with Crippen LogP contribution in [0.15, 0.2) is 66.7 Å². The largest absolute Gasteiger partial charge is 0.355 e. The van der Waals surface area contributed by atoms with E-state index in [4.69, 9.17) is 9.47 Å². The normalized spacial score (nSPS) is 14.8. The highest BCUT2D eigenvalue weighted by molar-refractivity contribution is 5.71. The van der Waals surface area contributed by atoms with Crippen molar-refractivity contribution in [3.05, 3.63) is 95.3 Å². The van der Waals surface area contributed by atoms with Crippen LogP contribution < -0.4 is 0 Å². The molecule has 1 aliphatic rings. The van der Waals surface area contributed by atoms with Crippen molar-refractivity contribution in [3.8, 4) is 22.3 Å². The molecule has 33 heavy (non-hydrogen) atoms. The highest BCUT2D eigenvalue weighted by Crippen LogP contribution is 2.31. The summed E-state index contributed by atoms with van der Waals surface area (Å²) in [5.74, 6) is -2.00. The molecule has 1 fully saturated rings. The molecule has 0 aromatic heterocycles. The quantitative estimate of drug-likeness (QED) is 0.347. The summed E-state index contributed by atoms with van der Waals surface area (Å²) in [5, 5.41) is 0. The van der Waals surface area contributed by atoms with Gasteiger partial charge in [0.15, 0.2) is 11.6 Å². The first-order chi connectivity index (χ1) is 16.1. The number of halogens is 3. The van der Waals surface area contributed by atoms with E-state index in [1.165, 1.54) is 6.07 Å². The van der Waals surface area contributed by atoms with Gasteiger partial charge < -0.3 is 9.47 Å². The molecule has 0 radical (unpaired) electrons. The van der Waals surface area contributed by atoms with Crippen LogP contribution in [0.25, 0.3) is 22.3 Å². The van der Waals surface area contributed by atoms with E-state index in [1.807, 2.05) is 25.1 Å². The van der Waals surface area contributed by atoms with E-state index in [1.54, 1.807) is 42.5 Å². The highest BCUT2D eigenvalue weighted by atomic mass is 19.2. The molecule has 1 heterocycles. The van der Waals surface area contributed by atoms with E-state index in [0.717, 1.165) is 12.0 Å². The van der Waals surface area contributed by atoms with Gasteiger partial charge in [-0.2, -0.15) is 0 Å². The molecule has 0 aliphatic carbocycles. The summed E-state index contributed by atoms with van der Waals surface area (Å²) in [4.78, 5) is 0. The zero-order chi connectivity index (χ0) is 23.2. The third-order valence-electron chi connectivity index (χ3n) is 5.92. The van der Waals surface area contributed by atoms with Crippen LogP contribution in [-0.2, 0) is 15.9 Å². The highest BCUT2D eigenvalue weighted by Gasteiger charge is 2.19. The molecule has 0 bridgehead atoms. The van der Waals surface area contributed by atoms with Crippen LogP contribution in [0.3, 0.4) is 0 Å². The first-order valence-electron chi connectivity index (χ1n) is 11.3. The van der Waals surface area contributed by atoms with Gasteiger partial charge in [-0.25, -0.2) is 13.2 Å². The summed E-state index contributed by atoms with van der Waals surface area (Å²) >= 11 is 0. The Morgan fingerprint density at radius 1 is 0.818 bits per heavy atom. The SMILES string of the molecule is CC/C=C/CCc1ccc(-c2ccc(-c3ccc(C4COCOC4)cc3F)cc2)c(F)c1F. The fourth-order valence-corrected chi connectivity index (χ4v) is 4.06. The molecule has 1 saturated heterocycles. The van der Waals surface area contributed by atoms with Crippen LogP contribution >= 0.6 is 0 Å². The number of rotatable bonds is 7. The summed E-state index contributed by atoms with van der Waals surface area (Å²) in [6.07, 6.45) is 6.03. The van der Waals surface area contributed by atoms with Gasteiger partial charge in [-0.05, 0) is 47.6 Å². The Balaban J connectivity index is 1.52. The molecular formula is C28H27F3O2. The predicted octanol–water partition coefficient (Wildman–Crippen LogP) is 7.42. The van der Waals surface area contributed by atoms with Crippen molar-refractivity contribution in [2.24, 2.45) is 0 Å². The lowest BCUT2D eigenvalue weighted by Gasteiger charge is -2.23. The number of hydrogen-bond donors (Lipinski definition) is 0. The van der Waals surface area contributed by atoms with Crippen molar-refractivity contribution < 1.29 is 22.6 Å². The van der Waals surface area contributed by atoms with Gasteiger partial charge in [0, 0.05) is 17.0 Å². The molecule has 3 aromatic rings. The summed E-state index contributed by atoms with van der Waals surface area (Å²) in [7, 11) is 0. The van der Waals surface area contributed by atoms with Crippen molar-refractivity contribution >= 4 is 0 Å². The van der Waals surface area contributed by atoms with Gasteiger partial charge in [-0.15, -0.1) is 0 Å². The number of ether oxygens (including phenoxy) is 2. The maximum absolute atomic E-state index is 14.8. The van der Waals surface area contributed by atoms with Crippen molar-refractivity contribution in [2.75, 3.05) is 20.0 Å². The lowest BCUT2D eigenvalue weighted by molar-refractivity contribution is -0.108. The zero-order valence-corrected chi connectivity index (χ0v) is 18.6. The van der Waals surface area contributed by atoms with Gasteiger partial charge in [0.25, 0.3) is 0 Å². The van der Waals surface area contributed by atoms with Crippen molar-refractivity contribution in [1.29, 1.82) is 0 Å². The second-order valence-electron chi connectivity index (χ2n) is 8.19. The van der Waals surface area contributed by atoms with E-state index in [9.17, 15) is 13.2 Å². The number of aryl methyl sites for hydroxylation is 1. The smallest absolute Gasteiger partial charge is 0.166 e. The molecule has 4 rings (SSSR count). The first kappa shape index (κ1) is 23.3. The molecule has 2 nitrogen and oxygen atoms in total. The van der Waals surface area contributed by atoms with Gasteiger partial charge in [-0.1, -0.05) is 67.6 Å². The number of hydrogen-bond acceptors (Lipinski definition) is 2. The maximum atomic E-state index is 14.8. The van der Waals surface area contributed by atoms with E-state index >= 15 is 0 Å². The molecule has 0 N–H and O–H groups in total. The van der Waals surface area contributed by atoms with Crippen LogP contribution in [0, 0.1) is 17.5 Å². The minimum Gasteiger partial charge on any atom is -0.355 e. The Labute approximate surface area is 192 Å². The fourth-order valence-electron chi connectivity index (χ4n) is 4.06. The van der Waals surface area contributed by atoms with Crippen molar-refractivity contribution in [1.82, 2.24) is 0 Å².